The number of unbranched alkanes of at least 4 members (excludes halogenated alkanes) is 1. The van der Waals surface area contributed by atoms with Crippen LogP contribution in [0, 0.1) is 0 Å². The van der Waals surface area contributed by atoms with E-state index in [9.17, 15) is 13.2 Å². The number of hydrogen-bond acceptors (Lipinski definition) is 3. The molecule has 0 fully saturated rings. The van der Waals surface area contributed by atoms with Gasteiger partial charge in [0.1, 0.15) is 0 Å². The SMILES string of the molecule is CC(=O)NCCCCNS(=O)(=O)c1ccc(Cl)cc1. The van der Waals surface area contributed by atoms with E-state index in [0.29, 0.717) is 24.5 Å². The van der Waals surface area contributed by atoms with Crippen molar-refractivity contribution in [1.82, 2.24) is 10.0 Å². The summed E-state index contributed by atoms with van der Waals surface area (Å²) < 4.78 is 26.2. The summed E-state index contributed by atoms with van der Waals surface area (Å²) in [5.74, 6) is -0.0817. The summed E-state index contributed by atoms with van der Waals surface area (Å²) in [6, 6.07) is 5.99. The summed E-state index contributed by atoms with van der Waals surface area (Å²) in [6.07, 6.45) is 1.38. The van der Waals surface area contributed by atoms with Gasteiger partial charge < -0.3 is 5.32 Å². The predicted octanol–water partition coefficient (Wildman–Crippen LogP) is 1.53. The van der Waals surface area contributed by atoms with E-state index in [1.807, 2.05) is 0 Å². The minimum absolute atomic E-state index is 0.0817. The lowest BCUT2D eigenvalue weighted by Gasteiger charge is -2.07. The van der Waals surface area contributed by atoms with E-state index < -0.39 is 10.0 Å². The van der Waals surface area contributed by atoms with Crippen molar-refractivity contribution >= 4 is 27.5 Å². The Balaban J connectivity index is 2.35. The number of carbonyl (C=O) groups is 1. The normalized spacial score (nSPS) is 11.3. The fraction of sp³-hybridized carbons (Fsp3) is 0.417. The fourth-order valence-electron chi connectivity index (χ4n) is 1.42. The number of sulfonamides is 1. The van der Waals surface area contributed by atoms with Crippen LogP contribution < -0.4 is 10.0 Å². The van der Waals surface area contributed by atoms with Gasteiger partial charge in [0.05, 0.1) is 4.90 Å². The first-order valence-electron chi connectivity index (χ1n) is 5.91. The second-order valence-electron chi connectivity index (χ2n) is 4.04. The van der Waals surface area contributed by atoms with Crippen molar-refractivity contribution in [2.75, 3.05) is 13.1 Å². The van der Waals surface area contributed by atoms with Gasteiger partial charge in [-0.25, -0.2) is 13.1 Å². The first kappa shape index (κ1) is 15.9. The number of carbonyl (C=O) groups excluding carboxylic acids is 1. The average Bonchev–Trinajstić information content (AvgIpc) is 2.34. The Hall–Kier alpha value is -1.11. The second-order valence-corrected chi connectivity index (χ2v) is 6.25. The molecule has 0 radical (unpaired) electrons. The Morgan fingerprint density at radius 2 is 1.74 bits per heavy atom. The molecule has 0 aromatic heterocycles. The van der Waals surface area contributed by atoms with Crippen LogP contribution in [0.15, 0.2) is 29.2 Å². The van der Waals surface area contributed by atoms with E-state index in [0.717, 1.165) is 6.42 Å². The molecule has 1 amide bonds. The van der Waals surface area contributed by atoms with E-state index in [-0.39, 0.29) is 10.8 Å². The third kappa shape index (κ3) is 6.04. The van der Waals surface area contributed by atoms with Gasteiger partial charge in [0.15, 0.2) is 0 Å². The highest BCUT2D eigenvalue weighted by Crippen LogP contribution is 2.13. The van der Waals surface area contributed by atoms with Crippen LogP contribution in [-0.4, -0.2) is 27.4 Å². The van der Waals surface area contributed by atoms with Crippen LogP contribution in [0.2, 0.25) is 5.02 Å². The number of hydrogen-bond donors (Lipinski definition) is 2. The van der Waals surface area contributed by atoms with Gasteiger partial charge in [-0.1, -0.05) is 11.6 Å². The largest absolute Gasteiger partial charge is 0.356 e. The number of benzene rings is 1. The van der Waals surface area contributed by atoms with Crippen LogP contribution in [0.3, 0.4) is 0 Å². The Kier molecular flexibility index (Phi) is 6.27. The van der Waals surface area contributed by atoms with Crippen LogP contribution in [0.4, 0.5) is 0 Å². The average molecular weight is 305 g/mol. The number of rotatable bonds is 7. The van der Waals surface area contributed by atoms with Crippen molar-refractivity contribution < 1.29 is 13.2 Å². The van der Waals surface area contributed by atoms with Gasteiger partial charge in [-0.2, -0.15) is 0 Å². The maximum atomic E-state index is 11.9. The highest BCUT2D eigenvalue weighted by Gasteiger charge is 2.12. The predicted molar refractivity (Wildman–Crippen MR) is 74.6 cm³/mol. The molecule has 0 heterocycles. The van der Waals surface area contributed by atoms with Crippen molar-refractivity contribution in [2.45, 2.75) is 24.7 Å². The van der Waals surface area contributed by atoms with Crippen LogP contribution in [0.5, 0.6) is 0 Å². The van der Waals surface area contributed by atoms with Crippen molar-refractivity contribution in [2.24, 2.45) is 0 Å². The number of nitrogens with one attached hydrogen (secondary N) is 2. The van der Waals surface area contributed by atoms with Crippen LogP contribution >= 0.6 is 11.6 Å². The fourth-order valence-corrected chi connectivity index (χ4v) is 2.62. The Labute approximate surface area is 118 Å². The third-order valence-electron chi connectivity index (χ3n) is 2.39. The molecule has 1 rings (SSSR count). The molecule has 106 valence electrons. The summed E-state index contributed by atoms with van der Waals surface area (Å²) in [5, 5.41) is 3.14. The quantitative estimate of drug-likeness (QED) is 0.750. The number of amides is 1. The first-order valence-corrected chi connectivity index (χ1v) is 7.77. The summed E-state index contributed by atoms with van der Waals surface area (Å²) in [7, 11) is -3.48. The zero-order valence-corrected chi connectivity index (χ0v) is 12.2. The summed E-state index contributed by atoms with van der Waals surface area (Å²) in [4.78, 5) is 10.8. The number of halogens is 1. The maximum absolute atomic E-state index is 11.9. The Morgan fingerprint density at radius 1 is 1.16 bits per heavy atom. The van der Waals surface area contributed by atoms with Crippen molar-refractivity contribution in [3.05, 3.63) is 29.3 Å². The molecule has 0 spiro atoms. The molecular formula is C12H17ClN2O3S. The molecule has 0 saturated carbocycles. The minimum Gasteiger partial charge on any atom is -0.356 e. The highest BCUT2D eigenvalue weighted by molar-refractivity contribution is 7.89. The van der Waals surface area contributed by atoms with Gasteiger partial charge in [0.2, 0.25) is 15.9 Å². The zero-order valence-electron chi connectivity index (χ0n) is 10.6. The molecule has 0 bridgehead atoms. The summed E-state index contributed by atoms with van der Waals surface area (Å²) >= 11 is 5.70. The molecule has 5 nitrogen and oxygen atoms in total. The maximum Gasteiger partial charge on any atom is 0.240 e. The molecule has 19 heavy (non-hydrogen) atoms. The third-order valence-corrected chi connectivity index (χ3v) is 4.12. The van der Waals surface area contributed by atoms with Crippen LogP contribution in [0.1, 0.15) is 19.8 Å². The lowest BCUT2D eigenvalue weighted by atomic mass is 10.3. The molecular weight excluding hydrogens is 288 g/mol. The molecule has 0 saturated heterocycles. The lowest BCUT2D eigenvalue weighted by Crippen LogP contribution is -2.26. The Bertz CT molecular complexity index is 514. The van der Waals surface area contributed by atoms with Gasteiger partial charge >= 0.3 is 0 Å². The second kappa shape index (κ2) is 7.47. The molecule has 0 unspecified atom stereocenters. The van der Waals surface area contributed by atoms with Crippen molar-refractivity contribution in [3.8, 4) is 0 Å². The highest BCUT2D eigenvalue weighted by atomic mass is 35.5. The van der Waals surface area contributed by atoms with E-state index >= 15 is 0 Å². The molecule has 0 aliphatic rings. The van der Waals surface area contributed by atoms with Gasteiger partial charge in [0, 0.05) is 25.0 Å². The summed E-state index contributed by atoms with van der Waals surface area (Å²) in [5.41, 5.74) is 0. The molecule has 1 aromatic carbocycles. The summed E-state index contributed by atoms with van der Waals surface area (Å²) in [6.45, 7) is 2.34. The molecule has 1 aromatic rings. The molecule has 0 aliphatic heterocycles. The Morgan fingerprint density at radius 3 is 2.32 bits per heavy atom. The van der Waals surface area contributed by atoms with E-state index in [4.69, 9.17) is 11.6 Å². The monoisotopic (exact) mass is 304 g/mol. The van der Waals surface area contributed by atoms with E-state index in [1.165, 1.54) is 31.2 Å². The lowest BCUT2D eigenvalue weighted by molar-refractivity contribution is -0.118. The van der Waals surface area contributed by atoms with Crippen molar-refractivity contribution in [3.63, 3.8) is 0 Å². The topological polar surface area (TPSA) is 75.3 Å². The molecule has 2 N–H and O–H groups in total. The van der Waals surface area contributed by atoms with Gasteiger partial charge in [-0.15, -0.1) is 0 Å². The molecule has 0 atom stereocenters. The van der Waals surface area contributed by atoms with Crippen LogP contribution in [0.25, 0.3) is 0 Å². The smallest absolute Gasteiger partial charge is 0.240 e. The minimum atomic E-state index is -3.48. The zero-order chi connectivity index (χ0) is 14.3. The standard InChI is InChI=1S/C12H17ClN2O3S/c1-10(16)14-8-2-3-9-15-19(17,18)12-6-4-11(13)5-7-12/h4-7,15H,2-3,8-9H2,1H3,(H,14,16). The van der Waals surface area contributed by atoms with E-state index in [2.05, 4.69) is 10.0 Å². The van der Waals surface area contributed by atoms with Crippen molar-refractivity contribution in [1.29, 1.82) is 0 Å². The van der Waals surface area contributed by atoms with Gasteiger partial charge in [0.25, 0.3) is 0 Å². The first-order chi connectivity index (χ1) is 8.92. The molecule has 0 aliphatic carbocycles. The van der Waals surface area contributed by atoms with E-state index in [1.54, 1.807) is 0 Å². The molecule has 7 heteroatoms. The van der Waals surface area contributed by atoms with Crippen LogP contribution in [-0.2, 0) is 14.8 Å². The van der Waals surface area contributed by atoms with Gasteiger partial charge in [-0.3, -0.25) is 4.79 Å². The van der Waals surface area contributed by atoms with Gasteiger partial charge in [-0.05, 0) is 37.1 Å².